The molecule has 0 spiro atoms. The smallest absolute Gasteiger partial charge is 0.303 e. The third-order valence-electron chi connectivity index (χ3n) is 3.71. The van der Waals surface area contributed by atoms with Gasteiger partial charge in [-0.1, -0.05) is 18.2 Å². The van der Waals surface area contributed by atoms with E-state index in [1.165, 1.54) is 6.92 Å². The zero-order valence-corrected chi connectivity index (χ0v) is 13.5. The SMILES string of the molecule is CC(=O)NC(CCC(=O)O)C(=O)NCCc1c[nH]c2ccccc12. The molecular weight excluding hydrogens is 310 g/mol. The summed E-state index contributed by atoms with van der Waals surface area (Å²) in [5, 5.41) is 15.1. The molecule has 2 aromatic rings. The Morgan fingerprint density at radius 1 is 1.25 bits per heavy atom. The Bertz CT molecular complexity index is 738. The van der Waals surface area contributed by atoms with Crippen molar-refractivity contribution in [3.63, 3.8) is 0 Å². The molecule has 0 saturated heterocycles. The van der Waals surface area contributed by atoms with Gasteiger partial charge in [-0.25, -0.2) is 0 Å². The molecule has 2 rings (SSSR count). The lowest BCUT2D eigenvalue weighted by molar-refractivity contribution is -0.137. The minimum Gasteiger partial charge on any atom is -0.481 e. The van der Waals surface area contributed by atoms with E-state index in [1.807, 2.05) is 30.5 Å². The van der Waals surface area contributed by atoms with Crippen LogP contribution in [0.4, 0.5) is 0 Å². The van der Waals surface area contributed by atoms with Crippen LogP contribution in [-0.4, -0.2) is 40.5 Å². The Balaban J connectivity index is 1.89. The molecule has 2 amide bonds. The summed E-state index contributed by atoms with van der Waals surface area (Å²) in [6.45, 7) is 1.71. The van der Waals surface area contributed by atoms with E-state index in [2.05, 4.69) is 15.6 Å². The van der Waals surface area contributed by atoms with Crippen LogP contribution in [0.25, 0.3) is 10.9 Å². The quantitative estimate of drug-likeness (QED) is 0.582. The van der Waals surface area contributed by atoms with E-state index in [-0.39, 0.29) is 24.7 Å². The maximum Gasteiger partial charge on any atom is 0.303 e. The Labute approximate surface area is 139 Å². The lowest BCUT2D eigenvalue weighted by Crippen LogP contribution is -2.46. The Morgan fingerprint density at radius 3 is 2.71 bits per heavy atom. The van der Waals surface area contributed by atoms with Crippen molar-refractivity contribution in [1.29, 1.82) is 0 Å². The molecule has 0 aliphatic rings. The van der Waals surface area contributed by atoms with E-state index >= 15 is 0 Å². The molecule has 1 aromatic carbocycles. The Kier molecular flexibility index (Phi) is 5.95. The number of rotatable bonds is 8. The molecule has 7 nitrogen and oxygen atoms in total. The van der Waals surface area contributed by atoms with Gasteiger partial charge in [-0.3, -0.25) is 14.4 Å². The first-order valence-electron chi connectivity index (χ1n) is 7.79. The third-order valence-corrected chi connectivity index (χ3v) is 3.71. The summed E-state index contributed by atoms with van der Waals surface area (Å²) in [5.41, 5.74) is 2.13. The molecule has 0 fully saturated rings. The summed E-state index contributed by atoms with van der Waals surface area (Å²) >= 11 is 0. The molecule has 24 heavy (non-hydrogen) atoms. The number of aromatic nitrogens is 1. The first-order chi connectivity index (χ1) is 11.5. The van der Waals surface area contributed by atoms with Crippen molar-refractivity contribution in [3.8, 4) is 0 Å². The predicted octanol–water partition coefficient (Wildman–Crippen LogP) is 1.20. The van der Waals surface area contributed by atoms with Crippen LogP contribution in [0.2, 0.25) is 0 Å². The number of carboxylic acid groups (broad SMARTS) is 1. The number of benzene rings is 1. The number of carbonyl (C=O) groups is 3. The summed E-state index contributed by atoms with van der Waals surface area (Å²) in [6.07, 6.45) is 2.43. The second-order valence-electron chi connectivity index (χ2n) is 5.59. The standard InChI is InChI=1S/C17H21N3O4/c1-11(21)20-15(6-7-16(22)23)17(24)18-9-8-12-10-19-14-5-3-2-4-13(12)14/h2-5,10,15,19H,6-9H2,1H3,(H,18,24)(H,20,21)(H,22,23). The van der Waals surface area contributed by atoms with Crippen LogP contribution < -0.4 is 10.6 Å². The summed E-state index contributed by atoms with van der Waals surface area (Å²) in [7, 11) is 0. The van der Waals surface area contributed by atoms with Crippen molar-refractivity contribution < 1.29 is 19.5 Å². The van der Waals surface area contributed by atoms with Gasteiger partial charge in [0, 0.05) is 37.0 Å². The van der Waals surface area contributed by atoms with E-state index in [9.17, 15) is 14.4 Å². The number of aromatic amines is 1. The molecule has 0 bridgehead atoms. The highest BCUT2D eigenvalue weighted by Crippen LogP contribution is 2.17. The largest absolute Gasteiger partial charge is 0.481 e. The van der Waals surface area contributed by atoms with Crippen LogP contribution in [0.5, 0.6) is 0 Å². The zero-order valence-electron chi connectivity index (χ0n) is 13.5. The molecule has 4 N–H and O–H groups in total. The van der Waals surface area contributed by atoms with Crippen LogP contribution in [0.15, 0.2) is 30.5 Å². The van der Waals surface area contributed by atoms with E-state index in [1.54, 1.807) is 0 Å². The predicted molar refractivity (Wildman–Crippen MR) is 89.5 cm³/mol. The minimum atomic E-state index is -1.00. The van der Waals surface area contributed by atoms with Crippen LogP contribution >= 0.6 is 0 Å². The number of carboxylic acids is 1. The number of fused-ring (bicyclic) bond motifs is 1. The lowest BCUT2D eigenvalue weighted by atomic mass is 10.1. The van der Waals surface area contributed by atoms with E-state index < -0.39 is 12.0 Å². The van der Waals surface area contributed by atoms with Crippen LogP contribution in [0.1, 0.15) is 25.3 Å². The molecule has 1 unspecified atom stereocenters. The molecule has 0 saturated carbocycles. The van der Waals surface area contributed by atoms with Gasteiger partial charge in [0.1, 0.15) is 6.04 Å². The van der Waals surface area contributed by atoms with E-state index in [4.69, 9.17) is 5.11 Å². The van der Waals surface area contributed by atoms with Crippen LogP contribution in [0, 0.1) is 0 Å². The maximum absolute atomic E-state index is 12.2. The van der Waals surface area contributed by atoms with Crippen LogP contribution in [-0.2, 0) is 20.8 Å². The number of nitrogens with one attached hydrogen (secondary N) is 3. The number of amides is 2. The monoisotopic (exact) mass is 331 g/mol. The van der Waals surface area contributed by atoms with Crippen molar-refractivity contribution >= 4 is 28.7 Å². The number of para-hydroxylation sites is 1. The third kappa shape index (κ3) is 4.84. The Hall–Kier alpha value is -2.83. The molecule has 0 aliphatic heterocycles. The number of H-pyrrole nitrogens is 1. The van der Waals surface area contributed by atoms with Gasteiger partial charge in [0.05, 0.1) is 0 Å². The highest BCUT2D eigenvalue weighted by atomic mass is 16.4. The topological polar surface area (TPSA) is 111 Å². The second-order valence-corrected chi connectivity index (χ2v) is 5.59. The van der Waals surface area contributed by atoms with Gasteiger partial charge < -0.3 is 20.7 Å². The number of hydrogen-bond acceptors (Lipinski definition) is 3. The summed E-state index contributed by atoms with van der Waals surface area (Å²) < 4.78 is 0. The lowest BCUT2D eigenvalue weighted by Gasteiger charge is -2.16. The van der Waals surface area contributed by atoms with Crippen LogP contribution in [0.3, 0.4) is 0 Å². The van der Waals surface area contributed by atoms with Crippen molar-refractivity contribution in [2.75, 3.05) is 6.54 Å². The fraction of sp³-hybridized carbons (Fsp3) is 0.353. The second kappa shape index (κ2) is 8.14. The number of hydrogen-bond donors (Lipinski definition) is 4. The van der Waals surface area contributed by atoms with E-state index in [0.717, 1.165) is 16.5 Å². The first kappa shape index (κ1) is 17.5. The van der Waals surface area contributed by atoms with Gasteiger partial charge in [-0.2, -0.15) is 0 Å². The molecule has 1 aromatic heterocycles. The molecule has 0 aliphatic carbocycles. The summed E-state index contributed by atoms with van der Waals surface area (Å²) in [6, 6.07) is 7.06. The van der Waals surface area contributed by atoms with Gasteiger partial charge in [0.25, 0.3) is 0 Å². The van der Waals surface area contributed by atoms with Crippen molar-refractivity contribution in [3.05, 3.63) is 36.0 Å². The first-order valence-corrected chi connectivity index (χ1v) is 7.79. The number of aliphatic carboxylic acids is 1. The molecule has 7 heteroatoms. The van der Waals surface area contributed by atoms with Crippen molar-refractivity contribution in [2.24, 2.45) is 0 Å². The van der Waals surface area contributed by atoms with E-state index in [0.29, 0.717) is 13.0 Å². The average molecular weight is 331 g/mol. The van der Waals surface area contributed by atoms with Gasteiger partial charge in [0.15, 0.2) is 0 Å². The molecule has 1 atom stereocenters. The van der Waals surface area contributed by atoms with Gasteiger partial charge in [-0.05, 0) is 24.5 Å². The van der Waals surface area contributed by atoms with Gasteiger partial charge in [0.2, 0.25) is 11.8 Å². The molecule has 1 heterocycles. The molecule has 0 radical (unpaired) electrons. The van der Waals surface area contributed by atoms with Crippen molar-refractivity contribution in [2.45, 2.75) is 32.2 Å². The zero-order chi connectivity index (χ0) is 17.5. The Morgan fingerprint density at radius 2 is 2.00 bits per heavy atom. The average Bonchev–Trinajstić information content (AvgIpc) is 2.94. The normalized spacial score (nSPS) is 11.9. The maximum atomic E-state index is 12.2. The summed E-state index contributed by atoms with van der Waals surface area (Å²) in [4.78, 5) is 37.2. The molecule has 128 valence electrons. The summed E-state index contributed by atoms with van der Waals surface area (Å²) in [5.74, 6) is -1.74. The molecular formula is C17H21N3O4. The fourth-order valence-electron chi connectivity index (χ4n) is 2.56. The highest BCUT2D eigenvalue weighted by Gasteiger charge is 2.20. The van der Waals surface area contributed by atoms with Crippen molar-refractivity contribution in [1.82, 2.24) is 15.6 Å². The minimum absolute atomic E-state index is 0.0633. The van der Waals surface area contributed by atoms with Gasteiger partial charge >= 0.3 is 5.97 Å². The fourth-order valence-corrected chi connectivity index (χ4v) is 2.56. The number of carbonyl (C=O) groups excluding carboxylic acids is 2. The highest BCUT2D eigenvalue weighted by molar-refractivity contribution is 5.87. The van der Waals surface area contributed by atoms with Gasteiger partial charge in [-0.15, -0.1) is 0 Å².